The Morgan fingerprint density at radius 1 is 0.565 bits per heavy atom. The van der Waals surface area contributed by atoms with E-state index < -0.39 is 0 Å². The Morgan fingerprint density at radius 3 is 1.65 bits per heavy atom. The predicted octanol–water partition coefficient (Wildman–Crippen LogP) is 3.69. The minimum absolute atomic E-state index is 0.684. The van der Waals surface area contributed by atoms with Gasteiger partial charge in [0.25, 0.3) is 0 Å². The summed E-state index contributed by atoms with van der Waals surface area (Å²) in [6.45, 7) is 2.29. The van der Waals surface area contributed by atoms with Crippen LogP contribution in [0.1, 0.15) is 32.1 Å². The third-order valence-electron chi connectivity index (χ3n) is 12.4. The van der Waals surface area contributed by atoms with E-state index in [9.17, 15) is 0 Å². The van der Waals surface area contributed by atoms with Gasteiger partial charge in [-0.2, -0.15) is 0 Å². The molecular weight excluding hydrogens is 280 g/mol. The Kier molecular flexibility index (Phi) is 1.55. The molecular formula is C22H28O. The zero-order chi connectivity index (χ0) is 14.2. The third kappa shape index (κ3) is 0.825. The van der Waals surface area contributed by atoms with Gasteiger partial charge in [0.2, 0.25) is 0 Å². The lowest BCUT2D eigenvalue weighted by Gasteiger charge is -2.41. The summed E-state index contributed by atoms with van der Waals surface area (Å²) in [6.07, 6.45) is 8.01. The lowest BCUT2D eigenvalue weighted by molar-refractivity contribution is 0.0276. The van der Waals surface area contributed by atoms with Gasteiger partial charge in [0.05, 0.1) is 6.61 Å². The lowest BCUT2D eigenvalue weighted by Crippen LogP contribution is -2.40. The van der Waals surface area contributed by atoms with E-state index in [0.717, 1.165) is 30.3 Å². The molecule has 0 aromatic carbocycles. The van der Waals surface area contributed by atoms with Gasteiger partial charge in [-0.05, 0) is 115 Å². The predicted molar refractivity (Wildman–Crippen MR) is 85.2 cm³/mol. The fraction of sp³-hybridized carbons (Fsp3) is 1.00. The molecule has 3 unspecified atom stereocenters. The molecule has 0 aromatic rings. The normalized spacial score (nSPS) is 82.4. The van der Waals surface area contributed by atoms with E-state index in [4.69, 9.17) is 4.74 Å². The Labute approximate surface area is 138 Å². The second-order valence-corrected chi connectivity index (χ2v) is 11.5. The van der Waals surface area contributed by atoms with Gasteiger partial charge in [0.1, 0.15) is 0 Å². The van der Waals surface area contributed by atoms with E-state index >= 15 is 0 Å². The first-order valence-corrected chi connectivity index (χ1v) is 11.0. The molecule has 1 aliphatic heterocycles. The molecule has 0 amide bonds. The molecule has 0 bridgehead atoms. The summed E-state index contributed by atoms with van der Waals surface area (Å²) in [5.41, 5.74) is 0.684. The summed E-state index contributed by atoms with van der Waals surface area (Å²) in [5, 5.41) is 0. The monoisotopic (exact) mass is 308 g/mol. The van der Waals surface area contributed by atoms with Crippen LogP contribution in [-0.2, 0) is 4.74 Å². The van der Waals surface area contributed by atoms with Crippen molar-refractivity contribution in [2.45, 2.75) is 32.1 Å². The van der Waals surface area contributed by atoms with Gasteiger partial charge in [-0.15, -0.1) is 0 Å². The van der Waals surface area contributed by atoms with Crippen molar-refractivity contribution in [3.05, 3.63) is 0 Å². The van der Waals surface area contributed by atoms with Crippen LogP contribution in [0.2, 0.25) is 0 Å². The van der Waals surface area contributed by atoms with E-state index in [1.54, 1.807) is 25.7 Å². The zero-order valence-corrected chi connectivity index (χ0v) is 13.9. The largest absolute Gasteiger partial charge is 0.381 e. The zero-order valence-electron chi connectivity index (χ0n) is 13.9. The number of rotatable bonds is 0. The van der Waals surface area contributed by atoms with Crippen LogP contribution >= 0.6 is 0 Å². The molecule has 15 atom stereocenters. The highest BCUT2D eigenvalue weighted by atomic mass is 16.5. The summed E-state index contributed by atoms with van der Waals surface area (Å²) in [5.74, 6) is 16.7. The average molecular weight is 308 g/mol. The minimum atomic E-state index is 0.684. The Morgan fingerprint density at radius 2 is 1.09 bits per heavy atom. The summed E-state index contributed by atoms with van der Waals surface area (Å²) in [6, 6.07) is 0. The van der Waals surface area contributed by atoms with Gasteiger partial charge < -0.3 is 4.74 Å². The highest BCUT2D eigenvalue weighted by Crippen LogP contribution is 2.91. The van der Waals surface area contributed by atoms with Crippen molar-refractivity contribution in [1.29, 1.82) is 0 Å². The molecule has 9 aliphatic rings. The van der Waals surface area contributed by atoms with Gasteiger partial charge >= 0.3 is 0 Å². The van der Waals surface area contributed by atoms with Gasteiger partial charge in [0, 0.05) is 12.0 Å². The van der Waals surface area contributed by atoms with Crippen molar-refractivity contribution in [3.63, 3.8) is 0 Å². The van der Waals surface area contributed by atoms with E-state index in [1.807, 2.05) is 0 Å². The molecule has 122 valence electrons. The molecule has 23 heavy (non-hydrogen) atoms. The maximum Gasteiger partial charge on any atom is 0.0529 e. The molecule has 1 heteroatoms. The first-order chi connectivity index (χ1) is 11.4. The van der Waals surface area contributed by atoms with E-state index in [-0.39, 0.29) is 0 Å². The van der Waals surface area contributed by atoms with Crippen molar-refractivity contribution in [2.75, 3.05) is 13.2 Å². The van der Waals surface area contributed by atoms with Gasteiger partial charge in [-0.3, -0.25) is 0 Å². The number of hydrogen-bond acceptors (Lipinski definition) is 1. The Balaban J connectivity index is 1.40. The van der Waals surface area contributed by atoms with Crippen molar-refractivity contribution in [3.8, 4) is 0 Å². The number of ether oxygens (including phenoxy) is 1. The highest BCUT2D eigenvalue weighted by molar-refractivity contribution is 5.34. The minimum Gasteiger partial charge on any atom is -0.381 e. The van der Waals surface area contributed by atoms with Gasteiger partial charge in [-0.1, -0.05) is 0 Å². The molecule has 8 aliphatic carbocycles. The van der Waals surface area contributed by atoms with Crippen molar-refractivity contribution >= 4 is 0 Å². The third-order valence-corrected chi connectivity index (χ3v) is 12.4. The van der Waals surface area contributed by atoms with Crippen LogP contribution in [0.4, 0.5) is 0 Å². The van der Waals surface area contributed by atoms with Crippen molar-refractivity contribution in [1.82, 2.24) is 0 Å². The van der Waals surface area contributed by atoms with Crippen LogP contribution in [0.3, 0.4) is 0 Å². The van der Waals surface area contributed by atoms with Crippen LogP contribution in [0.25, 0.3) is 0 Å². The van der Waals surface area contributed by atoms with Crippen LogP contribution in [-0.4, -0.2) is 13.2 Å². The van der Waals surface area contributed by atoms with Crippen LogP contribution in [0, 0.1) is 88.3 Å². The molecule has 9 rings (SSSR count). The maximum absolute atomic E-state index is 6.19. The second-order valence-electron chi connectivity index (χ2n) is 11.5. The van der Waals surface area contributed by atoms with Crippen LogP contribution in [0.15, 0.2) is 0 Å². The summed E-state index contributed by atoms with van der Waals surface area (Å²) in [4.78, 5) is 0. The van der Waals surface area contributed by atoms with Gasteiger partial charge in [0.15, 0.2) is 0 Å². The van der Waals surface area contributed by atoms with Crippen molar-refractivity contribution in [2.24, 2.45) is 88.3 Å². The molecule has 1 nitrogen and oxygen atoms in total. The Hall–Kier alpha value is -0.0400. The molecule has 1 saturated heterocycles. The summed E-state index contributed by atoms with van der Waals surface area (Å²) >= 11 is 0. The molecule has 8 saturated carbocycles. The smallest absolute Gasteiger partial charge is 0.0529 e. The van der Waals surface area contributed by atoms with Crippen LogP contribution in [0.5, 0.6) is 0 Å². The SMILES string of the molecule is C1CC2(CO1)[C@@H]1[C@@H]3CC[C@H]4C5C6[C@H]([C@@H]1[C@H]1[C@@H]6[C@H]6[C@H](CC[C@@H]56)[C@@H]12)[C@@H]34. The lowest BCUT2D eigenvalue weighted by atomic mass is 9.62. The fourth-order valence-corrected chi connectivity index (χ4v) is 13.3. The summed E-state index contributed by atoms with van der Waals surface area (Å²) in [7, 11) is 0. The Bertz CT molecular complexity index is 600. The topological polar surface area (TPSA) is 9.23 Å². The molecule has 1 spiro atoms. The molecule has 0 aromatic heterocycles. The number of fused-ring (bicyclic) bond motifs is 6. The van der Waals surface area contributed by atoms with E-state index in [1.165, 1.54) is 72.2 Å². The highest BCUT2D eigenvalue weighted by Gasteiger charge is 2.87. The second kappa shape index (κ2) is 3.08. The molecule has 9 fully saturated rings. The van der Waals surface area contributed by atoms with Crippen LogP contribution < -0.4 is 0 Å². The summed E-state index contributed by atoms with van der Waals surface area (Å²) < 4.78 is 6.19. The maximum atomic E-state index is 6.19. The van der Waals surface area contributed by atoms with Gasteiger partial charge in [-0.25, -0.2) is 0 Å². The molecule has 0 N–H and O–H groups in total. The fourth-order valence-electron chi connectivity index (χ4n) is 13.3. The molecule has 0 radical (unpaired) electrons. The quantitative estimate of drug-likeness (QED) is 0.663. The first kappa shape index (κ1) is 11.6. The standard InChI is InChI=1S/C22H28O/c1-3-10-13-8(1)12-9-2-4-11-14(9)17-15(12)16(13)18-19(17)21(11)22(20(10)18)5-6-23-7-22/h8-21H,1-7H2/t8-,9-,10-,11+,12?,13+,14+,15?,16+,17+,18+,19+,20-,21+,22?/m0/s1. The van der Waals surface area contributed by atoms with E-state index in [0.29, 0.717) is 5.41 Å². The number of hydrogen-bond donors (Lipinski definition) is 0. The van der Waals surface area contributed by atoms with E-state index in [2.05, 4.69) is 0 Å². The molecule has 1 heterocycles. The first-order valence-electron chi connectivity index (χ1n) is 11.0. The average Bonchev–Trinajstić information content (AvgIpc) is 3.33. The van der Waals surface area contributed by atoms with Crippen molar-refractivity contribution < 1.29 is 4.74 Å².